The van der Waals surface area contributed by atoms with Gasteiger partial charge in [0.25, 0.3) is 15.9 Å². The molecule has 0 bridgehead atoms. The van der Waals surface area contributed by atoms with Crippen LogP contribution in [0.25, 0.3) is 0 Å². The smallest absolute Gasteiger partial charge is 0.405 e. The third-order valence-electron chi connectivity index (χ3n) is 3.20. The number of sulfonamides is 1. The molecule has 0 aliphatic carbocycles. The second-order valence-electron chi connectivity index (χ2n) is 5.16. The van der Waals surface area contributed by atoms with Gasteiger partial charge in [0.2, 0.25) is 0 Å². The molecule has 2 aromatic rings. The number of benzene rings is 2. The van der Waals surface area contributed by atoms with Crippen LogP contribution in [0.5, 0.6) is 5.75 Å². The number of alkyl halides is 3. The summed E-state index contributed by atoms with van der Waals surface area (Å²) in [5.41, 5.74) is 0.0598. The van der Waals surface area contributed by atoms with Crippen molar-refractivity contribution in [2.24, 2.45) is 0 Å². The fraction of sp³-hybridized carbons (Fsp3) is 0.188. The van der Waals surface area contributed by atoms with Crippen molar-refractivity contribution in [1.82, 2.24) is 5.32 Å². The Kier molecular flexibility index (Phi) is 5.76. The second kappa shape index (κ2) is 7.65. The number of amides is 1. The van der Waals surface area contributed by atoms with Crippen LogP contribution < -0.4 is 14.8 Å². The van der Waals surface area contributed by atoms with E-state index in [1.807, 2.05) is 0 Å². The molecule has 0 saturated heterocycles. The van der Waals surface area contributed by atoms with Crippen LogP contribution in [0.2, 0.25) is 0 Å². The lowest BCUT2D eigenvalue weighted by Gasteiger charge is -2.11. The lowest BCUT2D eigenvalue weighted by molar-refractivity contribution is -0.123. The van der Waals surface area contributed by atoms with Crippen LogP contribution in [0.4, 0.5) is 18.9 Å². The zero-order valence-electron chi connectivity index (χ0n) is 13.5. The molecule has 2 aromatic carbocycles. The van der Waals surface area contributed by atoms with Gasteiger partial charge in [-0.15, -0.1) is 0 Å². The molecule has 2 rings (SSSR count). The molecule has 6 nitrogen and oxygen atoms in total. The average Bonchev–Trinajstić information content (AvgIpc) is 2.59. The molecule has 0 aliphatic rings. The first-order valence-electron chi connectivity index (χ1n) is 7.22. The Labute approximate surface area is 148 Å². The first-order valence-corrected chi connectivity index (χ1v) is 8.71. The maximum Gasteiger partial charge on any atom is 0.405 e. The van der Waals surface area contributed by atoms with E-state index in [4.69, 9.17) is 4.74 Å². The summed E-state index contributed by atoms with van der Waals surface area (Å²) in [6.07, 6.45) is -4.56. The number of anilines is 1. The monoisotopic (exact) mass is 388 g/mol. The van der Waals surface area contributed by atoms with E-state index in [0.717, 1.165) is 6.07 Å². The number of methoxy groups -OCH3 is 1. The summed E-state index contributed by atoms with van der Waals surface area (Å²) in [5.74, 6) is -0.486. The van der Waals surface area contributed by atoms with Gasteiger partial charge in [0.05, 0.1) is 12.0 Å². The van der Waals surface area contributed by atoms with Gasteiger partial charge in [0.1, 0.15) is 12.3 Å². The van der Waals surface area contributed by atoms with E-state index < -0.39 is 28.7 Å². The SMILES string of the molecule is COc1ccc(NS(=O)(=O)c2cccc(C(=O)NCC(F)(F)F)c2)cc1. The summed E-state index contributed by atoms with van der Waals surface area (Å²) >= 11 is 0. The number of ether oxygens (including phenoxy) is 1. The van der Waals surface area contributed by atoms with Gasteiger partial charge in [0, 0.05) is 11.3 Å². The molecular weight excluding hydrogens is 373 g/mol. The van der Waals surface area contributed by atoms with Gasteiger partial charge in [-0.3, -0.25) is 9.52 Å². The number of rotatable bonds is 6. The molecule has 0 unspecified atom stereocenters. The molecule has 0 radical (unpaired) electrons. The lowest BCUT2D eigenvalue weighted by Crippen LogP contribution is -2.33. The van der Waals surface area contributed by atoms with Crippen LogP contribution in [0.3, 0.4) is 0 Å². The van der Waals surface area contributed by atoms with Gasteiger partial charge in [-0.25, -0.2) is 8.42 Å². The molecule has 140 valence electrons. The van der Waals surface area contributed by atoms with E-state index in [1.165, 1.54) is 37.4 Å². The second-order valence-corrected chi connectivity index (χ2v) is 6.84. The Morgan fingerprint density at radius 1 is 1.12 bits per heavy atom. The standard InChI is InChI=1S/C16H15F3N2O4S/c1-25-13-7-5-12(6-8-13)21-26(23,24)14-4-2-3-11(9-14)15(22)20-10-16(17,18)19/h2-9,21H,10H2,1H3,(H,20,22). The molecule has 1 amide bonds. The predicted octanol–water partition coefficient (Wildman–Crippen LogP) is 2.79. The molecule has 0 atom stereocenters. The number of hydrogen-bond donors (Lipinski definition) is 2. The van der Waals surface area contributed by atoms with E-state index in [0.29, 0.717) is 5.75 Å². The van der Waals surface area contributed by atoms with Crippen LogP contribution in [0.1, 0.15) is 10.4 Å². The number of halogens is 3. The van der Waals surface area contributed by atoms with Gasteiger partial charge in [0.15, 0.2) is 0 Å². The molecule has 0 aromatic heterocycles. The van der Waals surface area contributed by atoms with Crippen molar-refractivity contribution in [3.8, 4) is 5.75 Å². The Morgan fingerprint density at radius 3 is 2.35 bits per heavy atom. The van der Waals surface area contributed by atoms with Gasteiger partial charge in [-0.05, 0) is 42.5 Å². The molecule has 0 saturated carbocycles. The summed E-state index contributed by atoms with van der Waals surface area (Å²) in [7, 11) is -2.56. The van der Waals surface area contributed by atoms with Crippen molar-refractivity contribution in [2.45, 2.75) is 11.1 Å². The number of hydrogen-bond acceptors (Lipinski definition) is 4. The molecule has 26 heavy (non-hydrogen) atoms. The fourth-order valence-corrected chi connectivity index (χ4v) is 3.06. The summed E-state index contributed by atoms with van der Waals surface area (Å²) in [6, 6.07) is 10.8. The maximum atomic E-state index is 12.4. The quantitative estimate of drug-likeness (QED) is 0.797. The molecular formula is C16H15F3N2O4S. The van der Waals surface area contributed by atoms with Crippen molar-refractivity contribution < 1.29 is 31.1 Å². The van der Waals surface area contributed by atoms with Crippen LogP contribution in [-0.4, -0.2) is 34.2 Å². The molecule has 0 heterocycles. The fourth-order valence-electron chi connectivity index (χ4n) is 1.96. The van der Waals surface area contributed by atoms with Crippen molar-refractivity contribution in [3.63, 3.8) is 0 Å². The zero-order valence-corrected chi connectivity index (χ0v) is 14.3. The van der Waals surface area contributed by atoms with Crippen molar-refractivity contribution in [1.29, 1.82) is 0 Å². The maximum absolute atomic E-state index is 12.4. The Hall–Kier alpha value is -2.75. The van der Waals surface area contributed by atoms with Crippen molar-refractivity contribution >= 4 is 21.6 Å². The molecule has 2 N–H and O–H groups in total. The normalized spacial score (nSPS) is 11.7. The minimum atomic E-state index is -4.56. The highest BCUT2D eigenvalue weighted by Crippen LogP contribution is 2.20. The van der Waals surface area contributed by atoms with E-state index >= 15 is 0 Å². The average molecular weight is 388 g/mol. The molecule has 0 fully saturated rings. The number of carbonyl (C=O) groups excluding carboxylic acids is 1. The van der Waals surface area contributed by atoms with Gasteiger partial charge >= 0.3 is 6.18 Å². The minimum Gasteiger partial charge on any atom is -0.497 e. The highest BCUT2D eigenvalue weighted by molar-refractivity contribution is 7.92. The Bertz CT molecular complexity index is 881. The summed E-state index contributed by atoms with van der Waals surface area (Å²) in [4.78, 5) is 11.5. The Morgan fingerprint density at radius 2 is 1.77 bits per heavy atom. The first-order chi connectivity index (χ1) is 12.1. The van der Waals surface area contributed by atoms with Crippen LogP contribution in [-0.2, 0) is 10.0 Å². The minimum absolute atomic E-state index is 0.202. The van der Waals surface area contributed by atoms with Crippen LogP contribution in [0.15, 0.2) is 53.4 Å². The molecule has 10 heteroatoms. The molecule has 0 aliphatic heterocycles. The van der Waals surface area contributed by atoms with E-state index in [2.05, 4.69) is 4.72 Å². The van der Waals surface area contributed by atoms with Gasteiger partial charge in [-0.2, -0.15) is 13.2 Å². The lowest BCUT2D eigenvalue weighted by atomic mass is 10.2. The van der Waals surface area contributed by atoms with Crippen LogP contribution in [0, 0.1) is 0 Å². The van der Waals surface area contributed by atoms with Gasteiger partial charge in [-0.1, -0.05) is 6.07 Å². The zero-order chi connectivity index (χ0) is 19.4. The summed E-state index contributed by atoms with van der Waals surface area (Å²) in [5, 5.41) is 1.69. The Balaban J connectivity index is 2.17. The van der Waals surface area contributed by atoms with E-state index in [9.17, 15) is 26.4 Å². The summed E-state index contributed by atoms with van der Waals surface area (Å²) < 4.78 is 68.6. The number of carbonyl (C=O) groups is 1. The van der Waals surface area contributed by atoms with E-state index in [-0.39, 0.29) is 16.1 Å². The van der Waals surface area contributed by atoms with E-state index in [1.54, 1.807) is 17.4 Å². The first kappa shape index (κ1) is 19.6. The molecule has 0 spiro atoms. The highest BCUT2D eigenvalue weighted by atomic mass is 32.2. The van der Waals surface area contributed by atoms with Crippen molar-refractivity contribution in [3.05, 3.63) is 54.1 Å². The predicted molar refractivity (Wildman–Crippen MR) is 88.6 cm³/mol. The van der Waals surface area contributed by atoms with Crippen molar-refractivity contribution in [2.75, 3.05) is 18.4 Å². The largest absolute Gasteiger partial charge is 0.497 e. The highest BCUT2D eigenvalue weighted by Gasteiger charge is 2.28. The number of nitrogens with one attached hydrogen (secondary N) is 2. The topological polar surface area (TPSA) is 84.5 Å². The summed E-state index contributed by atoms with van der Waals surface area (Å²) in [6.45, 7) is -1.51. The van der Waals surface area contributed by atoms with Gasteiger partial charge < -0.3 is 10.1 Å². The third-order valence-corrected chi connectivity index (χ3v) is 4.58. The van der Waals surface area contributed by atoms with Crippen LogP contribution >= 0.6 is 0 Å². The third kappa shape index (κ3) is 5.38.